The van der Waals surface area contributed by atoms with Crippen LogP contribution in [0.5, 0.6) is 0 Å². The van der Waals surface area contributed by atoms with E-state index < -0.39 is 5.97 Å². The number of amides is 1. The molecule has 0 heterocycles. The molecule has 0 unspecified atom stereocenters. The molecule has 0 fully saturated rings. The van der Waals surface area contributed by atoms with E-state index in [1.165, 1.54) is 11.0 Å². The Kier molecular flexibility index (Phi) is 6.78. The van der Waals surface area contributed by atoms with Crippen LogP contribution in [0.2, 0.25) is 5.02 Å². The van der Waals surface area contributed by atoms with E-state index in [9.17, 15) is 9.59 Å². The second kappa shape index (κ2) is 9.04. The molecule has 2 aromatic rings. The van der Waals surface area contributed by atoms with Crippen LogP contribution in [-0.2, 0) is 20.9 Å². The Morgan fingerprint density at radius 1 is 1.16 bits per heavy atom. The van der Waals surface area contributed by atoms with Gasteiger partial charge in [-0.3, -0.25) is 4.79 Å². The van der Waals surface area contributed by atoms with Crippen molar-refractivity contribution in [1.82, 2.24) is 4.90 Å². The van der Waals surface area contributed by atoms with Gasteiger partial charge in [0.2, 0.25) is 0 Å². The molecule has 0 N–H and O–H groups in total. The minimum Gasteiger partial charge on any atom is -0.452 e. The second-order valence-corrected chi connectivity index (χ2v) is 6.11. The fourth-order valence-electron chi connectivity index (χ4n) is 2.20. The fraction of sp³-hybridized carbons (Fsp3) is 0.200. The third-order valence-corrected chi connectivity index (χ3v) is 3.93. The zero-order valence-electron chi connectivity index (χ0n) is 14.2. The van der Waals surface area contributed by atoms with Crippen LogP contribution in [0.3, 0.4) is 0 Å². The lowest BCUT2D eigenvalue weighted by Crippen LogP contribution is -2.30. The third kappa shape index (κ3) is 6.08. The number of esters is 1. The topological polar surface area (TPSA) is 46.6 Å². The molecule has 5 heteroatoms. The Morgan fingerprint density at radius 2 is 1.92 bits per heavy atom. The minimum absolute atomic E-state index is 0.257. The third-order valence-electron chi connectivity index (χ3n) is 3.69. The van der Waals surface area contributed by atoms with Crippen molar-refractivity contribution in [3.05, 3.63) is 76.3 Å². The number of ether oxygens (including phenoxy) is 1. The molecule has 0 saturated carbocycles. The minimum atomic E-state index is -0.572. The van der Waals surface area contributed by atoms with Gasteiger partial charge in [-0.25, -0.2) is 4.79 Å². The van der Waals surface area contributed by atoms with Gasteiger partial charge in [0.05, 0.1) is 0 Å². The summed E-state index contributed by atoms with van der Waals surface area (Å²) < 4.78 is 4.99. The Balaban J connectivity index is 1.82. The quantitative estimate of drug-likeness (QED) is 0.582. The van der Waals surface area contributed by atoms with E-state index in [-0.39, 0.29) is 12.5 Å². The van der Waals surface area contributed by atoms with Gasteiger partial charge in [0.1, 0.15) is 0 Å². The Bertz CT molecular complexity index is 786. The summed E-state index contributed by atoms with van der Waals surface area (Å²) in [5.41, 5.74) is 2.96. The molecule has 0 aliphatic rings. The van der Waals surface area contributed by atoms with E-state index in [0.717, 1.165) is 16.7 Å². The number of benzene rings is 2. The summed E-state index contributed by atoms with van der Waals surface area (Å²) >= 11 is 5.88. The van der Waals surface area contributed by atoms with Crippen LogP contribution in [-0.4, -0.2) is 30.4 Å². The number of aryl methyl sites for hydroxylation is 1. The average molecular weight is 358 g/mol. The zero-order chi connectivity index (χ0) is 18.2. The number of likely N-dealkylation sites (N-methyl/N-ethyl adjacent to an activating group) is 1. The summed E-state index contributed by atoms with van der Waals surface area (Å²) in [4.78, 5) is 25.4. The van der Waals surface area contributed by atoms with Gasteiger partial charge in [0, 0.05) is 24.7 Å². The molecule has 0 aliphatic heterocycles. The molecule has 0 spiro atoms. The van der Waals surface area contributed by atoms with Crippen LogP contribution in [0.1, 0.15) is 16.7 Å². The van der Waals surface area contributed by atoms with Crippen LogP contribution in [0.4, 0.5) is 0 Å². The lowest BCUT2D eigenvalue weighted by molar-refractivity contribution is -0.147. The SMILES string of the molecule is Cc1ccccc1CN(C)C(=O)COC(=O)/C=C/c1cccc(Cl)c1. The van der Waals surface area contributed by atoms with Gasteiger partial charge in [0.25, 0.3) is 5.91 Å². The van der Waals surface area contributed by atoms with Crippen molar-refractivity contribution in [3.63, 3.8) is 0 Å². The maximum absolute atomic E-state index is 12.1. The molecule has 25 heavy (non-hydrogen) atoms. The first kappa shape index (κ1) is 18.7. The molecular formula is C20H20ClNO3. The van der Waals surface area contributed by atoms with E-state index in [2.05, 4.69) is 0 Å². The normalized spacial score (nSPS) is 10.7. The number of carbonyl (C=O) groups is 2. The largest absolute Gasteiger partial charge is 0.452 e. The molecule has 130 valence electrons. The van der Waals surface area contributed by atoms with Crippen molar-refractivity contribution in [2.75, 3.05) is 13.7 Å². The highest BCUT2D eigenvalue weighted by Crippen LogP contribution is 2.12. The van der Waals surface area contributed by atoms with E-state index in [0.29, 0.717) is 11.6 Å². The van der Waals surface area contributed by atoms with E-state index in [1.54, 1.807) is 31.3 Å². The molecule has 2 aromatic carbocycles. The van der Waals surface area contributed by atoms with Crippen molar-refractivity contribution in [2.45, 2.75) is 13.5 Å². The number of rotatable bonds is 6. The molecule has 1 amide bonds. The van der Waals surface area contributed by atoms with Crippen molar-refractivity contribution < 1.29 is 14.3 Å². The molecule has 2 rings (SSSR count). The molecular weight excluding hydrogens is 338 g/mol. The molecule has 0 aromatic heterocycles. The van der Waals surface area contributed by atoms with Gasteiger partial charge in [-0.05, 0) is 41.8 Å². The first-order valence-corrected chi connectivity index (χ1v) is 8.22. The van der Waals surface area contributed by atoms with Crippen molar-refractivity contribution in [2.24, 2.45) is 0 Å². The van der Waals surface area contributed by atoms with Crippen LogP contribution in [0.25, 0.3) is 6.08 Å². The maximum atomic E-state index is 12.1. The number of carbonyl (C=O) groups excluding carboxylic acids is 2. The van der Waals surface area contributed by atoms with E-state index in [1.807, 2.05) is 37.3 Å². The van der Waals surface area contributed by atoms with Crippen LogP contribution in [0.15, 0.2) is 54.6 Å². The average Bonchev–Trinajstić information content (AvgIpc) is 2.59. The Labute approximate surface area is 152 Å². The van der Waals surface area contributed by atoms with Crippen molar-refractivity contribution >= 4 is 29.6 Å². The smallest absolute Gasteiger partial charge is 0.331 e. The predicted octanol–water partition coefficient (Wildman–Crippen LogP) is 3.86. The van der Waals surface area contributed by atoms with Gasteiger partial charge in [0.15, 0.2) is 6.61 Å². The highest BCUT2D eigenvalue weighted by atomic mass is 35.5. The van der Waals surface area contributed by atoms with Crippen LogP contribution >= 0.6 is 11.6 Å². The van der Waals surface area contributed by atoms with Gasteiger partial charge >= 0.3 is 5.97 Å². The standard InChI is InChI=1S/C20H20ClNO3/c1-15-6-3-4-8-17(15)13-22(2)19(23)14-25-20(24)11-10-16-7-5-9-18(21)12-16/h3-12H,13-14H2,1-2H3/b11-10+. The zero-order valence-corrected chi connectivity index (χ0v) is 15.0. The lowest BCUT2D eigenvalue weighted by atomic mass is 10.1. The summed E-state index contributed by atoms with van der Waals surface area (Å²) in [5, 5.41) is 0.587. The van der Waals surface area contributed by atoms with Crippen molar-refractivity contribution in [3.8, 4) is 0 Å². The van der Waals surface area contributed by atoms with Crippen LogP contribution in [0, 0.1) is 6.92 Å². The summed E-state index contributed by atoms with van der Waals surface area (Å²) in [6.07, 6.45) is 2.87. The number of hydrogen-bond donors (Lipinski definition) is 0. The summed E-state index contributed by atoms with van der Waals surface area (Å²) in [6.45, 7) is 2.18. The predicted molar refractivity (Wildman–Crippen MR) is 99.1 cm³/mol. The summed E-state index contributed by atoms with van der Waals surface area (Å²) in [6, 6.07) is 14.9. The lowest BCUT2D eigenvalue weighted by Gasteiger charge is -2.18. The maximum Gasteiger partial charge on any atom is 0.331 e. The summed E-state index contributed by atoms with van der Waals surface area (Å²) in [5.74, 6) is -0.828. The second-order valence-electron chi connectivity index (χ2n) is 5.67. The summed E-state index contributed by atoms with van der Waals surface area (Å²) in [7, 11) is 1.68. The Morgan fingerprint density at radius 3 is 2.64 bits per heavy atom. The highest BCUT2D eigenvalue weighted by Gasteiger charge is 2.12. The molecule has 0 bridgehead atoms. The fourth-order valence-corrected chi connectivity index (χ4v) is 2.40. The van der Waals surface area contributed by atoms with E-state index >= 15 is 0 Å². The molecule has 0 radical (unpaired) electrons. The van der Waals surface area contributed by atoms with Gasteiger partial charge in [-0.2, -0.15) is 0 Å². The molecule has 0 atom stereocenters. The number of halogens is 1. The molecule has 4 nitrogen and oxygen atoms in total. The van der Waals surface area contributed by atoms with Crippen LogP contribution < -0.4 is 0 Å². The first-order chi connectivity index (χ1) is 12.0. The van der Waals surface area contributed by atoms with Crippen molar-refractivity contribution in [1.29, 1.82) is 0 Å². The van der Waals surface area contributed by atoms with Gasteiger partial charge < -0.3 is 9.64 Å². The monoisotopic (exact) mass is 357 g/mol. The number of hydrogen-bond acceptors (Lipinski definition) is 3. The van der Waals surface area contributed by atoms with Gasteiger partial charge in [-0.1, -0.05) is 48.0 Å². The van der Waals surface area contributed by atoms with E-state index in [4.69, 9.17) is 16.3 Å². The highest BCUT2D eigenvalue weighted by molar-refractivity contribution is 6.30. The Hall–Kier alpha value is -2.59. The molecule has 0 aliphatic carbocycles. The molecule has 0 saturated heterocycles. The van der Waals surface area contributed by atoms with Gasteiger partial charge in [-0.15, -0.1) is 0 Å². The first-order valence-electron chi connectivity index (χ1n) is 7.84. The number of nitrogens with zero attached hydrogens (tertiary/aromatic N) is 1.